The Bertz CT molecular complexity index is 354. The summed E-state index contributed by atoms with van der Waals surface area (Å²) in [6.45, 7) is 2.71. The zero-order valence-electron chi connectivity index (χ0n) is 10.4. The third kappa shape index (κ3) is 5.14. The monoisotopic (exact) mass is 258 g/mol. The maximum absolute atomic E-state index is 11.0. The molecule has 1 rings (SSSR count). The number of methoxy groups -OCH3 is 2. The number of anilines is 1. The van der Waals surface area contributed by atoms with Crippen LogP contribution in [0.2, 0.25) is 0 Å². The van der Waals surface area contributed by atoms with E-state index >= 15 is 0 Å². The van der Waals surface area contributed by atoms with Gasteiger partial charge in [0.05, 0.1) is 25.3 Å². The molecule has 1 aromatic rings. The molecule has 1 aromatic heterocycles. The lowest BCUT2D eigenvalue weighted by atomic mass is 10.2. The zero-order chi connectivity index (χ0) is 12.7. The quantitative estimate of drug-likeness (QED) is 0.754. The zero-order valence-corrected chi connectivity index (χ0v) is 11.2. The van der Waals surface area contributed by atoms with E-state index in [2.05, 4.69) is 15.0 Å². The van der Waals surface area contributed by atoms with Crippen molar-refractivity contribution < 1.29 is 14.3 Å². The molecule has 1 N–H and O–H groups in total. The molecule has 0 spiro atoms. The van der Waals surface area contributed by atoms with Crippen molar-refractivity contribution >= 4 is 22.4 Å². The molecule has 0 aromatic carbocycles. The minimum Gasteiger partial charge on any atom is -0.469 e. The van der Waals surface area contributed by atoms with Gasteiger partial charge in [-0.05, 0) is 6.92 Å². The summed E-state index contributed by atoms with van der Waals surface area (Å²) in [6, 6.07) is 0. The van der Waals surface area contributed by atoms with E-state index in [4.69, 9.17) is 4.74 Å². The normalized spacial score (nSPS) is 12.2. The Labute approximate surface area is 105 Å². The van der Waals surface area contributed by atoms with Crippen molar-refractivity contribution in [3.05, 3.63) is 11.1 Å². The van der Waals surface area contributed by atoms with Gasteiger partial charge < -0.3 is 14.8 Å². The maximum atomic E-state index is 11.0. The lowest BCUT2D eigenvalue weighted by Gasteiger charge is -2.08. The SMILES string of the molecule is COC(=O)CCc1csc(NCC(C)OC)n1. The molecule has 0 amide bonds. The summed E-state index contributed by atoms with van der Waals surface area (Å²) in [5, 5.41) is 5.99. The highest BCUT2D eigenvalue weighted by Gasteiger charge is 2.06. The predicted octanol–water partition coefficient (Wildman–Crippen LogP) is 1.70. The first-order valence-corrected chi connectivity index (χ1v) is 6.31. The van der Waals surface area contributed by atoms with Crippen LogP contribution in [0.5, 0.6) is 0 Å². The topological polar surface area (TPSA) is 60.5 Å². The number of ether oxygens (including phenoxy) is 2. The second kappa shape index (κ2) is 7.24. The van der Waals surface area contributed by atoms with Crippen molar-refractivity contribution in [2.75, 3.05) is 26.1 Å². The fourth-order valence-electron chi connectivity index (χ4n) is 1.15. The van der Waals surface area contributed by atoms with E-state index in [1.54, 1.807) is 7.11 Å². The molecule has 0 saturated carbocycles. The first-order valence-electron chi connectivity index (χ1n) is 5.43. The fraction of sp³-hybridized carbons (Fsp3) is 0.636. The van der Waals surface area contributed by atoms with Gasteiger partial charge in [0.25, 0.3) is 0 Å². The van der Waals surface area contributed by atoms with Gasteiger partial charge in [-0.25, -0.2) is 4.98 Å². The molecule has 1 unspecified atom stereocenters. The van der Waals surface area contributed by atoms with Crippen molar-refractivity contribution in [2.24, 2.45) is 0 Å². The van der Waals surface area contributed by atoms with E-state index in [9.17, 15) is 4.79 Å². The van der Waals surface area contributed by atoms with Crippen molar-refractivity contribution in [3.63, 3.8) is 0 Å². The van der Waals surface area contributed by atoms with E-state index in [-0.39, 0.29) is 12.1 Å². The standard InChI is InChI=1S/C11H18N2O3S/c1-8(15-2)6-12-11-13-9(7-17-11)4-5-10(14)16-3/h7-8H,4-6H2,1-3H3,(H,12,13). The highest BCUT2D eigenvalue weighted by atomic mass is 32.1. The Hall–Kier alpha value is -1.14. The van der Waals surface area contributed by atoms with Crippen LogP contribution < -0.4 is 5.32 Å². The van der Waals surface area contributed by atoms with E-state index in [0.717, 1.165) is 17.4 Å². The van der Waals surface area contributed by atoms with Crippen LogP contribution in [0.15, 0.2) is 5.38 Å². The van der Waals surface area contributed by atoms with Crippen LogP contribution in [0.25, 0.3) is 0 Å². The third-order valence-electron chi connectivity index (χ3n) is 2.31. The van der Waals surface area contributed by atoms with Crippen LogP contribution in [0, 0.1) is 0 Å². The van der Waals surface area contributed by atoms with Gasteiger partial charge in [-0.2, -0.15) is 0 Å². The first kappa shape index (κ1) is 13.9. The largest absolute Gasteiger partial charge is 0.469 e. The number of carbonyl (C=O) groups is 1. The van der Waals surface area contributed by atoms with E-state index in [0.29, 0.717) is 12.8 Å². The van der Waals surface area contributed by atoms with Gasteiger partial charge in [-0.3, -0.25) is 4.79 Å². The molecule has 96 valence electrons. The molecule has 0 aliphatic carbocycles. The second-order valence-corrected chi connectivity index (χ2v) is 4.51. The van der Waals surface area contributed by atoms with E-state index in [1.807, 2.05) is 12.3 Å². The van der Waals surface area contributed by atoms with Crippen LogP contribution in [0.4, 0.5) is 5.13 Å². The Kier molecular flexibility index (Phi) is 5.93. The number of rotatable bonds is 7. The number of nitrogens with zero attached hydrogens (tertiary/aromatic N) is 1. The Balaban J connectivity index is 2.34. The first-order chi connectivity index (χ1) is 8.15. The maximum Gasteiger partial charge on any atom is 0.305 e. The number of aromatic nitrogens is 1. The van der Waals surface area contributed by atoms with Crippen molar-refractivity contribution in [1.82, 2.24) is 4.98 Å². The number of aryl methyl sites for hydroxylation is 1. The summed E-state index contributed by atoms with van der Waals surface area (Å²) >= 11 is 1.53. The summed E-state index contributed by atoms with van der Waals surface area (Å²) in [6.07, 6.45) is 1.14. The second-order valence-electron chi connectivity index (χ2n) is 3.65. The highest BCUT2D eigenvalue weighted by Crippen LogP contribution is 2.16. The molecule has 0 aliphatic rings. The molecule has 0 aliphatic heterocycles. The molecular formula is C11H18N2O3S. The summed E-state index contributed by atoms with van der Waals surface area (Å²) in [4.78, 5) is 15.3. The highest BCUT2D eigenvalue weighted by molar-refractivity contribution is 7.13. The smallest absolute Gasteiger partial charge is 0.305 e. The summed E-state index contributed by atoms with van der Waals surface area (Å²) in [7, 11) is 3.07. The molecule has 17 heavy (non-hydrogen) atoms. The lowest BCUT2D eigenvalue weighted by Crippen LogP contribution is -2.17. The van der Waals surface area contributed by atoms with Crippen LogP contribution in [-0.2, 0) is 20.7 Å². The van der Waals surface area contributed by atoms with Crippen LogP contribution in [0.1, 0.15) is 19.0 Å². The summed E-state index contributed by atoms with van der Waals surface area (Å²) < 4.78 is 9.70. The Morgan fingerprint density at radius 3 is 3.00 bits per heavy atom. The molecule has 0 saturated heterocycles. The van der Waals surface area contributed by atoms with Gasteiger partial charge in [0.15, 0.2) is 5.13 Å². The van der Waals surface area contributed by atoms with Gasteiger partial charge in [0.2, 0.25) is 0 Å². The van der Waals surface area contributed by atoms with Gasteiger partial charge in [0, 0.05) is 25.5 Å². The van der Waals surface area contributed by atoms with Gasteiger partial charge in [-0.15, -0.1) is 11.3 Å². The van der Waals surface area contributed by atoms with Gasteiger partial charge in [-0.1, -0.05) is 0 Å². The summed E-state index contributed by atoms with van der Waals surface area (Å²) in [5.74, 6) is -0.208. The fourth-order valence-corrected chi connectivity index (χ4v) is 1.90. The van der Waals surface area contributed by atoms with Gasteiger partial charge in [0.1, 0.15) is 0 Å². The molecule has 0 radical (unpaired) electrons. The number of thiazole rings is 1. The van der Waals surface area contributed by atoms with Crippen molar-refractivity contribution in [2.45, 2.75) is 25.9 Å². The predicted molar refractivity (Wildman–Crippen MR) is 67.4 cm³/mol. The van der Waals surface area contributed by atoms with Crippen LogP contribution in [0.3, 0.4) is 0 Å². The molecule has 0 bridgehead atoms. The minimum atomic E-state index is -0.208. The lowest BCUT2D eigenvalue weighted by molar-refractivity contribution is -0.140. The van der Waals surface area contributed by atoms with Crippen molar-refractivity contribution in [1.29, 1.82) is 0 Å². The van der Waals surface area contributed by atoms with E-state index < -0.39 is 0 Å². The average Bonchev–Trinajstić information content (AvgIpc) is 2.80. The summed E-state index contributed by atoms with van der Waals surface area (Å²) in [5.41, 5.74) is 0.910. The number of hydrogen-bond acceptors (Lipinski definition) is 6. The molecule has 5 nitrogen and oxygen atoms in total. The van der Waals surface area contributed by atoms with E-state index in [1.165, 1.54) is 18.4 Å². The third-order valence-corrected chi connectivity index (χ3v) is 3.16. The Morgan fingerprint density at radius 2 is 2.35 bits per heavy atom. The molecular weight excluding hydrogens is 240 g/mol. The van der Waals surface area contributed by atoms with Crippen LogP contribution >= 0.6 is 11.3 Å². The number of carbonyl (C=O) groups excluding carboxylic acids is 1. The van der Waals surface area contributed by atoms with Crippen LogP contribution in [-0.4, -0.2) is 37.8 Å². The number of nitrogens with one attached hydrogen (secondary N) is 1. The Morgan fingerprint density at radius 1 is 1.59 bits per heavy atom. The van der Waals surface area contributed by atoms with Crippen molar-refractivity contribution in [3.8, 4) is 0 Å². The molecule has 0 fully saturated rings. The average molecular weight is 258 g/mol. The molecule has 1 heterocycles. The molecule has 1 atom stereocenters. The minimum absolute atomic E-state index is 0.150. The number of esters is 1. The number of hydrogen-bond donors (Lipinski definition) is 1. The molecule has 6 heteroatoms. The van der Waals surface area contributed by atoms with Gasteiger partial charge >= 0.3 is 5.97 Å².